The average molecular weight is 191 g/mol. The van der Waals surface area contributed by atoms with Gasteiger partial charge in [-0.25, -0.2) is 0 Å². The summed E-state index contributed by atoms with van der Waals surface area (Å²) >= 11 is 0. The second-order valence-electron chi connectivity index (χ2n) is 3.98. The highest BCUT2D eigenvalue weighted by Crippen LogP contribution is 2.37. The lowest BCUT2D eigenvalue weighted by atomic mass is 9.88. The van der Waals surface area contributed by atoms with E-state index in [1.54, 1.807) is 0 Å². The monoisotopic (exact) mass is 191 g/mol. The fraction of sp³-hybridized carbons (Fsp3) is 0.500. The lowest BCUT2D eigenvalue weighted by molar-refractivity contribution is 0.174. The molecule has 0 aromatic heterocycles. The third-order valence-electron chi connectivity index (χ3n) is 2.82. The first kappa shape index (κ1) is 9.53. The minimum absolute atomic E-state index is 0.321. The van der Waals surface area contributed by atoms with E-state index in [0.29, 0.717) is 12.0 Å². The molecule has 0 amide bonds. The number of ether oxygens (including phenoxy) is 1. The summed E-state index contributed by atoms with van der Waals surface area (Å²) in [5, 5.41) is 0. The van der Waals surface area contributed by atoms with E-state index in [1.807, 2.05) is 6.07 Å². The van der Waals surface area contributed by atoms with Gasteiger partial charge in [0.2, 0.25) is 0 Å². The highest BCUT2D eigenvalue weighted by Gasteiger charge is 2.24. The van der Waals surface area contributed by atoms with E-state index >= 15 is 0 Å². The smallest absolute Gasteiger partial charge is 0.123 e. The Hall–Kier alpha value is -1.02. The first-order chi connectivity index (χ1) is 6.81. The van der Waals surface area contributed by atoms with Crippen molar-refractivity contribution >= 4 is 0 Å². The van der Waals surface area contributed by atoms with Crippen molar-refractivity contribution in [3.05, 3.63) is 29.8 Å². The van der Waals surface area contributed by atoms with Gasteiger partial charge in [0.1, 0.15) is 5.75 Å². The van der Waals surface area contributed by atoms with Crippen molar-refractivity contribution in [2.45, 2.75) is 31.8 Å². The van der Waals surface area contributed by atoms with E-state index in [0.717, 1.165) is 25.1 Å². The number of para-hydroxylation sites is 1. The average Bonchev–Trinajstić information content (AvgIpc) is 2.18. The van der Waals surface area contributed by atoms with Gasteiger partial charge in [0.15, 0.2) is 0 Å². The van der Waals surface area contributed by atoms with Crippen LogP contribution in [0.25, 0.3) is 0 Å². The van der Waals surface area contributed by atoms with E-state index in [-0.39, 0.29) is 0 Å². The van der Waals surface area contributed by atoms with Gasteiger partial charge < -0.3 is 10.5 Å². The molecule has 1 heterocycles. The summed E-state index contributed by atoms with van der Waals surface area (Å²) in [6.07, 6.45) is 2.47. The zero-order valence-corrected chi connectivity index (χ0v) is 8.57. The van der Waals surface area contributed by atoms with Crippen molar-refractivity contribution in [3.63, 3.8) is 0 Å². The Bertz CT molecular complexity index is 311. The minimum atomic E-state index is 0.321. The molecule has 2 N–H and O–H groups in total. The van der Waals surface area contributed by atoms with Crippen LogP contribution < -0.4 is 10.5 Å². The van der Waals surface area contributed by atoms with Crippen molar-refractivity contribution < 1.29 is 4.74 Å². The molecule has 14 heavy (non-hydrogen) atoms. The maximum Gasteiger partial charge on any atom is 0.123 e. The Morgan fingerprint density at radius 1 is 1.43 bits per heavy atom. The number of fused-ring (bicyclic) bond motifs is 1. The van der Waals surface area contributed by atoms with Gasteiger partial charge in [-0.15, -0.1) is 0 Å². The van der Waals surface area contributed by atoms with Gasteiger partial charge in [-0.3, -0.25) is 0 Å². The molecular formula is C12H17NO. The van der Waals surface area contributed by atoms with Crippen LogP contribution in [0.4, 0.5) is 0 Å². The quantitative estimate of drug-likeness (QED) is 0.778. The lowest BCUT2D eigenvalue weighted by Crippen LogP contribution is -2.24. The summed E-state index contributed by atoms with van der Waals surface area (Å²) in [5.74, 6) is 1.63. The SMILES string of the molecule is CC1CC(CCN)c2ccccc2O1. The van der Waals surface area contributed by atoms with Crippen LogP contribution in [0.2, 0.25) is 0 Å². The van der Waals surface area contributed by atoms with Crippen LogP contribution in [0.15, 0.2) is 24.3 Å². The van der Waals surface area contributed by atoms with Gasteiger partial charge in [-0.05, 0) is 43.9 Å². The Labute approximate surface area is 85.1 Å². The maximum atomic E-state index is 5.77. The van der Waals surface area contributed by atoms with Gasteiger partial charge in [-0.2, -0.15) is 0 Å². The third kappa shape index (κ3) is 1.75. The number of rotatable bonds is 2. The van der Waals surface area contributed by atoms with Crippen LogP contribution in [-0.2, 0) is 0 Å². The topological polar surface area (TPSA) is 35.2 Å². The largest absolute Gasteiger partial charge is 0.490 e. The molecule has 2 nitrogen and oxygen atoms in total. The molecular weight excluding hydrogens is 174 g/mol. The number of hydrogen-bond acceptors (Lipinski definition) is 2. The van der Waals surface area contributed by atoms with Gasteiger partial charge in [0.05, 0.1) is 6.10 Å². The van der Waals surface area contributed by atoms with Gasteiger partial charge in [0, 0.05) is 0 Å². The summed E-state index contributed by atoms with van der Waals surface area (Å²) in [5.41, 5.74) is 6.95. The van der Waals surface area contributed by atoms with E-state index in [2.05, 4.69) is 25.1 Å². The molecule has 0 fully saturated rings. The summed E-state index contributed by atoms with van der Waals surface area (Å²) in [7, 11) is 0. The van der Waals surface area contributed by atoms with Crippen LogP contribution in [0.3, 0.4) is 0 Å². The maximum absolute atomic E-state index is 5.77. The molecule has 1 aliphatic heterocycles. The van der Waals surface area contributed by atoms with Gasteiger partial charge >= 0.3 is 0 Å². The van der Waals surface area contributed by atoms with Crippen LogP contribution in [-0.4, -0.2) is 12.6 Å². The van der Waals surface area contributed by atoms with E-state index in [9.17, 15) is 0 Å². The predicted molar refractivity (Wildman–Crippen MR) is 57.6 cm³/mol. The molecule has 2 rings (SSSR count). The molecule has 0 aliphatic carbocycles. The highest BCUT2D eigenvalue weighted by atomic mass is 16.5. The fourth-order valence-electron chi connectivity index (χ4n) is 2.19. The Morgan fingerprint density at radius 2 is 2.21 bits per heavy atom. The normalized spacial score (nSPS) is 25.3. The van der Waals surface area contributed by atoms with Crippen LogP contribution in [0.1, 0.15) is 31.2 Å². The molecule has 2 unspecified atom stereocenters. The number of hydrogen-bond donors (Lipinski definition) is 1. The minimum Gasteiger partial charge on any atom is -0.490 e. The number of nitrogens with two attached hydrogens (primary N) is 1. The molecule has 0 spiro atoms. The van der Waals surface area contributed by atoms with Crippen molar-refractivity contribution in [2.24, 2.45) is 5.73 Å². The van der Waals surface area contributed by atoms with Gasteiger partial charge in [0.25, 0.3) is 0 Å². The molecule has 1 aromatic rings. The zero-order valence-electron chi connectivity index (χ0n) is 8.57. The molecule has 76 valence electrons. The van der Waals surface area contributed by atoms with Gasteiger partial charge in [-0.1, -0.05) is 18.2 Å². The summed E-state index contributed by atoms with van der Waals surface area (Å²) in [6.45, 7) is 2.88. The van der Waals surface area contributed by atoms with E-state index in [4.69, 9.17) is 10.5 Å². The summed E-state index contributed by atoms with van der Waals surface area (Å²) in [6, 6.07) is 8.30. The summed E-state index contributed by atoms with van der Waals surface area (Å²) in [4.78, 5) is 0. The molecule has 0 radical (unpaired) electrons. The second kappa shape index (κ2) is 4.01. The van der Waals surface area contributed by atoms with Crippen molar-refractivity contribution in [3.8, 4) is 5.75 Å². The van der Waals surface area contributed by atoms with Crippen LogP contribution >= 0.6 is 0 Å². The second-order valence-corrected chi connectivity index (χ2v) is 3.98. The first-order valence-electron chi connectivity index (χ1n) is 5.27. The Kier molecular flexibility index (Phi) is 2.73. The number of benzene rings is 1. The molecule has 2 atom stereocenters. The van der Waals surface area contributed by atoms with Crippen molar-refractivity contribution in [1.82, 2.24) is 0 Å². The lowest BCUT2D eigenvalue weighted by Gasteiger charge is -2.30. The third-order valence-corrected chi connectivity index (χ3v) is 2.82. The fourth-order valence-corrected chi connectivity index (χ4v) is 2.19. The summed E-state index contributed by atoms with van der Waals surface area (Å²) < 4.78 is 5.77. The zero-order chi connectivity index (χ0) is 9.97. The Balaban J connectivity index is 2.28. The predicted octanol–water partition coefficient (Wildman–Crippen LogP) is 2.29. The van der Waals surface area contributed by atoms with E-state index < -0.39 is 0 Å². The van der Waals surface area contributed by atoms with Crippen molar-refractivity contribution in [2.75, 3.05) is 6.54 Å². The van der Waals surface area contributed by atoms with Crippen molar-refractivity contribution in [1.29, 1.82) is 0 Å². The highest BCUT2D eigenvalue weighted by molar-refractivity contribution is 5.38. The molecule has 2 heteroatoms. The standard InChI is InChI=1S/C12H17NO/c1-9-8-10(6-7-13)11-4-2-3-5-12(11)14-9/h2-5,9-10H,6-8,13H2,1H3. The van der Waals surface area contributed by atoms with Crippen LogP contribution in [0.5, 0.6) is 5.75 Å². The van der Waals surface area contributed by atoms with E-state index in [1.165, 1.54) is 5.56 Å². The van der Waals surface area contributed by atoms with Crippen LogP contribution in [0, 0.1) is 0 Å². The molecule has 0 saturated carbocycles. The molecule has 1 aliphatic rings. The Morgan fingerprint density at radius 3 is 3.00 bits per heavy atom. The molecule has 1 aromatic carbocycles. The first-order valence-corrected chi connectivity index (χ1v) is 5.27. The molecule has 0 saturated heterocycles. The molecule has 0 bridgehead atoms.